The molecule has 1 heterocycles. The van der Waals surface area contributed by atoms with Crippen molar-refractivity contribution < 1.29 is 9.59 Å². The quantitative estimate of drug-likeness (QED) is 0.205. The second kappa shape index (κ2) is 13.9. The molecule has 0 saturated heterocycles. The Labute approximate surface area is 246 Å². The van der Waals surface area contributed by atoms with Crippen molar-refractivity contribution in [3.8, 4) is 0 Å². The third kappa shape index (κ3) is 6.89. The van der Waals surface area contributed by atoms with Gasteiger partial charge in [0, 0.05) is 35.7 Å². The average molecular weight is 695 g/mol. The summed E-state index contributed by atoms with van der Waals surface area (Å²) in [6, 6.07) is 22.6. The molecule has 0 aliphatic rings. The SMILES string of the molecule is Br.Br.CCc1cccc2c1n(CCCN(C)C(=O)c1ccccc1)c(=N)n2CC(=O)c1ccc(Br)cc1. The Kier molecular flexibility index (Phi) is 11.5. The van der Waals surface area contributed by atoms with E-state index in [9.17, 15) is 9.59 Å². The van der Waals surface area contributed by atoms with E-state index >= 15 is 0 Å². The van der Waals surface area contributed by atoms with Gasteiger partial charge in [-0.3, -0.25) is 15.0 Å². The molecular formula is C28H31Br3N4O2. The molecule has 37 heavy (non-hydrogen) atoms. The van der Waals surface area contributed by atoms with Crippen molar-refractivity contribution in [2.45, 2.75) is 32.9 Å². The summed E-state index contributed by atoms with van der Waals surface area (Å²) >= 11 is 3.41. The van der Waals surface area contributed by atoms with Crippen molar-refractivity contribution in [3.63, 3.8) is 0 Å². The smallest absolute Gasteiger partial charge is 0.253 e. The zero-order chi connectivity index (χ0) is 24.9. The number of Topliss-reactive ketones (excluding diaryl/α,β-unsaturated/α-hetero) is 1. The molecule has 0 aliphatic heterocycles. The molecule has 1 amide bonds. The number of fused-ring (bicyclic) bond motifs is 1. The van der Waals surface area contributed by atoms with Crippen molar-refractivity contribution in [2.24, 2.45) is 0 Å². The van der Waals surface area contributed by atoms with E-state index in [4.69, 9.17) is 5.41 Å². The summed E-state index contributed by atoms with van der Waals surface area (Å²) in [4.78, 5) is 27.4. The summed E-state index contributed by atoms with van der Waals surface area (Å²) < 4.78 is 4.68. The number of nitrogens with zero attached hydrogens (tertiary/aromatic N) is 3. The fourth-order valence-electron chi connectivity index (χ4n) is 4.38. The van der Waals surface area contributed by atoms with Crippen LogP contribution < -0.4 is 5.62 Å². The monoisotopic (exact) mass is 692 g/mol. The van der Waals surface area contributed by atoms with Crippen molar-refractivity contribution in [1.29, 1.82) is 5.41 Å². The van der Waals surface area contributed by atoms with E-state index < -0.39 is 0 Å². The number of aryl methyl sites for hydroxylation is 2. The summed E-state index contributed by atoms with van der Waals surface area (Å²) in [7, 11) is 1.80. The number of para-hydroxylation sites is 1. The van der Waals surface area contributed by atoms with Crippen LogP contribution in [0.4, 0.5) is 0 Å². The number of carbonyl (C=O) groups is 2. The van der Waals surface area contributed by atoms with E-state index in [2.05, 4.69) is 28.9 Å². The van der Waals surface area contributed by atoms with Gasteiger partial charge in [-0.25, -0.2) is 0 Å². The summed E-state index contributed by atoms with van der Waals surface area (Å²) in [5.41, 5.74) is 4.59. The Hall–Kier alpha value is -2.49. The molecule has 3 aromatic carbocycles. The van der Waals surface area contributed by atoms with Crippen LogP contribution in [0.1, 0.15) is 39.6 Å². The molecule has 0 fully saturated rings. The number of nitrogens with one attached hydrogen (secondary N) is 1. The second-order valence-corrected chi connectivity index (χ2v) is 9.49. The molecule has 4 rings (SSSR count). The highest BCUT2D eigenvalue weighted by Crippen LogP contribution is 2.20. The molecule has 0 unspecified atom stereocenters. The zero-order valence-corrected chi connectivity index (χ0v) is 25.8. The Morgan fingerprint density at radius 2 is 1.57 bits per heavy atom. The van der Waals surface area contributed by atoms with Gasteiger partial charge in [-0.05, 0) is 48.7 Å². The first-order valence-electron chi connectivity index (χ1n) is 11.8. The van der Waals surface area contributed by atoms with Gasteiger partial charge in [0.25, 0.3) is 5.91 Å². The van der Waals surface area contributed by atoms with Gasteiger partial charge in [-0.1, -0.05) is 65.3 Å². The third-order valence-electron chi connectivity index (χ3n) is 6.26. The van der Waals surface area contributed by atoms with Crippen LogP contribution in [0.3, 0.4) is 0 Å². The Morgan fingerprint density at radius 1 is 0.892 bits per heavy atom. The minimum Gasteiger partial charge on any atom is -0.342 e. The number of imidazole rings is 1. The largest absolute Gasteiger partial charge is 0.342 e. The fraction of sp³-hybridized carbons (Fsp3) is 0.250. The highest BCUT2D eigenvalue weighted by Gasteiger charge is 2.17. The summed E-state index contributed by atoms with van der Waals surface area (Å²) in [5, 5.41) is 8.93. The number of hydrogen-bond acceptors (Lipinski definition) is 3. The lowest BCUT2D eigenvalue weighted by Gasteiger charge is -2.17. The van der Waals surface area contributed by atoms with Crippen LogP contribution in [0.15, 0.2) is 77.3 Å². The first-order valence-corrected chi connectivity index (χ1v) is 12.5. The van der Waals surface area contributed by atoms with Gasteiger partial charge in [0.2, 0.25) is 5.62 Å². The van der Waals surface area contributed by atoms with E-state index in [1.54, 1.807) is 28.6 Å². The van der Waals surface area contributed by atoms with Crippen LogP contribution in [0.5, 0.6) is 0 Å². The van der Waals surface area contributed by atoms with Crippen LogP contribution in [0.25, 0.3) is 11.0 Å². The van der Waals surface area contributed by atoms with Crippen LogP contribution in [-0.2, 0) is 19.5 Å². The molecule has 6 nitrogen and oxygen atoms in total. The molecule has 4 aromatic rings. The average Bonchev–Trinajstić information content (AvgIpc) is 3.15. The first kappa shape index (κ1) is 30.7. The van der Waals surface area contributed by atoms with Gasteiger partial charge in [0.1, 0.15) is 0 Å². The van der Waals surface area contributed by atoms with Crippen LogP contribution in [0.2, 0.25) is 0 Å². The van der Waals surface area contributed by atoms with Gasteiger partial charge < -0.3 is 14.0 Å². The molecular weight excluding hydrogens is 664 g/mol. The van der Waals surface area contributed by atoms with Gasteiger partial charge >= 0.3 is 0 Å². The number of ketones is 1. The van der Waals surface area contributed by atoms with Crippen molar-refractivity contribution >= 4 is 72.6 Å². The first-order chi connectivity index (χ1) is 16.9. The molecule has 0 radical (unpaired) electrons. The lowest BCUT2D eigenvalue weighted by molar-refractivity contribution is 0.0791. The predicted molar refractivity (Wildman–Crippen MR) is 162 cm³/mol. The maximum Gasteiger partial charge on any atom is 0.253 e. The lowest BCUT2D eigenvalue weighted by atomic mass is 10.1. The third-order valence-corrected chi connectivity index (χ3v) is 6.79. The van der Waals surface area contributed by atoms with Crippen molar-refractivity contribution in [1.82, 2.24) is 14.0 Å². The lowest BCUT2D eigenvalue weighted by Crippen LogP contribution is -2.31. The summed E-state index contributed by atoms with van der Waals surface area (Å²) in [5.74, 6) is -0.0522. The molecule has 0 aliphatic carbocycles. The maximum absolute atomic E-state index is 13.0. The number of carbonyl (C=O) groups excluding carboxylic acids is 2. The van der Waals surface area contributed by atoms with Crippen molar-refractivity contribution in [2.75, 3.05) is 13.6 Å². The minimum atomic E-state index is -0.0369. The predicted octanol–water partition coefficient (Wildman–Crippen LogP) is 6.45. The number of benzene rings is 3. The molecule has 1 N–H and O–H groups in total. The highest BCUT2D eigenvalue weighted by atomic mass is 79.9. The van der Waals surface area contributed by atoms with Gasteiger partial charge in [0.15, 0.2) is 5.78 Å². The number of hydrogen-bond donors (Lipinski definition) is 1. The summed E-state index contributed by atoms with van der Waals surface area (Å²) in [6.07, 6.45) is 1.53. The molecule has 1 aromatic heterocycles. The summed E-state index contributed by atoms with van der Waals surface area (Å²) in [6.45, 7) is 3.35. The van der Waals surface area contributed by atoms with Crippen LogP contribution in [-0.4, -0.2) is 39.3 Å². The fourth-order valence-corrected chi connectivity index (χ4v) is 4.64. The van der Waals surface area contributed by atoms with E-state index in [1.807, 2.05) is 59.2 Å². The second-order valence-electron chi connectivity index (χ2n) is 8.58. The molecule has 0 bridgehead atoms. The topological polar surface area (TPSA) is 71.1 Å². The van der Waals surface area contributed by atoms with Gasteiger partial charge in [-0.15, -0.1) is 34.0 Å². The van der Waals surface area contributed by atoms with Gasteiger partial charge in [0.05, 0.1) is 17.6 Å². The number of rotatable bonds is 9. The van der Waals surface area contributed by atoms with E-state index in [1.165, 1.54) is 0 Å². The molecule has 196 valence electrons. The Morgan fingerprint density at radius 3 is 2.22 bits per heavy atom. The van der Waals surface area contributed by atoms with E-state index in [0.29, 0.717) is 36.3 Å². The number of aromatic nitrogens is 2. The van der Waals surface area contributed by atoms with E-state index in [0.717, 1.165) is 27.5 Å². The highest BCUT2D eigenvalue weighted by molar-refractivity contribution is 9.10. The van der Waals surface area contributed by atoms with Crippen molar-refractivity contribution in [3.05, 3.63) is 99.6 Å². The Bertz CT molecular complexity index is 1410. The zero-order valence-electron chi connectivity index (χ0n) is 20.8. The molecule has 9 heteroatoms. The molecule has 0 atom stereocenters. The molecule has 0 spiro atoms. The standard InChI is InChI=1S/C28H29BrN4O2.2BrH/c1-3-20-11-7-12-24-26(20)32(18-8-17-31(2)27(35)22-9-5-4-6-10-22)28(30)33(24)19-25(34)21-13-15-23(29)16-14-21;;/h4-7,9-16,30H,3,8,17-19H2,1-2H3;2*1H. The maximum atomic E-state index is 13.0. The minimum absolute atomic E-state index is 0. The number of halogens is 3. The van der Waals surface area contributed by atoms with E-state index in [-0.39, 0.29) is 52.2 Å². The van der Waals surface area contributed by atoms with Gasteiger partial charge in [-0.2, -0.15) is 0 Å². The van der Waals surface area contributed by atoms with Crippen LogP contribution in [0, 0.1) is 5.41 Å². The molecule has 0 saturated carbocycles. The normalized spacial score (nSPS) is 10.5. The Balaban J connectivity index is 0.00000241. The van der Waals surface area contributed by atoms with Crippen LogP contribution >= 0.6 is 49.9 Å². The number of amides is 1.